The maximum Gasteiger partial charge on any atom is 0.320 e. The van der Waals surface area contributed by atoms with Gasteiger partial charge in [-0.05, 0) is 19.4 Å². The molecule has 1 aromatic carbocycles. The summed E-state index contributed by atoms with van der Waals surface area (Å²) in [7, 11) is 0. The highest BCUT2D eigenvalue weighted by Crippen LogP contribution is 2.19. The average molecular weight is 232 g/mol. The van der Waals surface area contributed by atoms with Crippen molar-refractivity contribution in [1.29, 1.82) is 0 Å². The largest absolute Gasteiger partial charge is 0.390 e. The summed E-state index contributed by atoms with van der Waals surface area (Å²) in [5.74, 6) is 0. The van der Waals surface area contributed by atoms with Crippen LogP contribution in [0.1, 0.15) is 19.4 Å². The van der Waals surface area contributed by atoms with Crippen LogP contribution in [0.3, 0.4) is 0 Å². The van der Waals surface area contributed by atoms with E-state index < -0.39 is 0 Å². The molecule has 0 radical (unpaired) electrons. The smallest absolute Gasteiger partial charge is 0.320 e. The second kappa shape index (κ2) is 4.86. The zero-order valence-corrected chi connectivity index (χ0v) is 10.00. The van der Waals surface area contributed by atoms with Gasteiger partial charge < -0.3 is 15.1 Å². The van der Waals surface area contributed by atoms with Crippen molar-refractivity contribution in [2.45, 2.75) is 26.4 Å². The fourth-order valence-electron chi connectivity index (χ4n) is 1.59. The summed E-state index contributed by atoms with van der Waals surface area (Å²) in [6.45, 7) is 4.87. The van der Waals surface area contributed by atoms with E-state index in [1.165, 1.54) is 5.56 Å². The number of nitrogens with zero attached hydrogens (tertiary/aromatic N) is 3. The van der Waals surface area contributed by atoms with E-state index in [0.717, 1.165) is 6.54 Å². The number of nitrogens with two attached hydrogens (primary N) is 1. The highest BCUT2D eigenvalue weighted by atomic mass is 16.4. The lowest BCUT2D eigenvalue weighted by Gasteiger charge is -2.24. The summed E-state index contributed by atoms with van der Waals surface area (Å²) < 4.78 is 5.26. The van der Waals surface area contributed by atoms with Crippen molar-refractivity contribution in [3.63, 3.8) is 0 Å². The lowest BCUT2D eigenvalue weighted by Crippen LogP contribution is -2.30. The summed E-state index contributed by atoms with van der Waals surface area (Å²) in [6, 6.07) is 11.0. The van der Waals surface area contributed by atoms with Gasteiger partial charge in [0.1, 0.15) is 0 Å². The van der Waals surface area contributed by atoms with E-state index in [1.54, 1.807) is 0 Å². The molecular weight excluding hydrogens is 216 g/mol. The molecule has 0 aliphatic rings. The molecule has 0 unspecified atom stereocenters. The Bertz CT molecular complexity index is 466. The highest BCUT2D eigenvalue weighted by Gasteiger charge is 2.16. The quantitative estimate of drug-likeness (QED) is 0.873. The number of aromatic nitrogens is 2. The molecule has 0 aliphatic heterocycles. The van der Waals surface area contributed by atoms with Crippen molar-refractivity contribution in [2.24, 2.45) is 0 Å². The number of anilines is 2. The number of rotatable bonds is 4. The molecule has 0 aliphatic carbocycles. The lowest BCUT2D eigenvalue weighted by molar-refractivity contribution is 0.521. The first-order valence-corrected chi connectivity index (χ1v) is 5.56. The third-order valence-corrected chi connectivity index (χ3v) is 2.49. The first-order chi connectivity index (χ1) is 8.16. The summed E-state index contributed by atoms with van der Waals surface area (Å²) in [6.07, 6.45) is 0. The molecule has 0 saturated heterocycles. The Kier molecular flexibility index (Phi) is 3.27. The predicted octanol–water partition coefficient (Wildman–Crippen LogP) is 2.07. The minimum atomic E-state index is 0.0960. The average Bonchev–Trinajstić information content (AvgIpc) is 2.73. The van der Waals surface area contributed by atoms with Crippen molar-refractivity contribution >= 4 is 12.0 Å². The molecule has 1 aromatic heterocycles. The van der Waals surface area contributed by atoms with Gasteiger partial charge in [-0.2, -0.15) is 0 Å². The number of hydrogen-bond acceptors (Lipinski definition) is 5. The van der Waals surface area contributed by atoms with Crippen LogP contribution < -0.4 is 10.6 Å². The van der Waals surface area contributed by atoms with Crippen LogP contribution in [0.4, 0.5) is 12.0 Å². The van der Waals surface area contributed by atoms with Crippen molar-refractivity contribution in [3.8, 4) is 0 Å². The van der Waals surface area contributed by atoms with Crippen LogP contribution in [0.15, 0.2) is 34.7 Å². The van der Waals surface area contributed by atoms with Crippen LogP contribution in [0, 0.1) is 0 Å². The first kappa shape index (κ1) is 11.4. The van der Waals surface area contributed by atoms with E-state index in [1.807, 2.05) is 23.1 Å². The Morgan fingerprint density at radius 1 is 1.24 bits per heavy atom. The van der Waals surface area contributed by atoms with Gasteiger partial charge in [-0.1, -0.05) is 40.5 Å². The topological polar surface area (TPSA) is 68.2 Å². The molecule has 0 bridgehead atoms. The molecule has 0 spiro atoms. The van der Waals surface area contributed by atoms with Crippen molar-refractivity contribution in [2.75, 3.05) is 10.6 Å². The zero-order chi connectivity index (χ0) is 12.3. The third-order valence-electron chi connectivity index (χ3n) is 2.49. The molecule has 2 aromatic rings. The molecule has 0 fully saturated rings. The van der Waals surface area contributed by atoms with Crippen LogP contribution in [0.2, 0.25) is 0 Å². The summed E-state index contributed by atoms with van der Waals surface area (Å²) in [5, 5.41) is 7.60. The Morgan fingerprint density at radius 3 is 2.47 bits per heavy atom. The first-order valence-electron chi connectivity index (χ1n) is 5.56. The van der Waals surface area contributed by atoms with Gasteiger partial charge in [-0.3, -0.25) is 0 Å². The number of nitrogen functional groups attached to an aromatic ring is 1. The van der Waals surface area contributed by atoms with E-state index in [0.29, 0.717) is 6.01 Å². The number of benzene rings is 1. The fourth-order valence-corrected chi connectivity index (χ4v) is 1.59. The molecule has 5 nitrogen and oxygen atoms in total. The molecule has 0 amide bonds. The van der Waals surface area contributed by atoms with Crippen molar-refractivity contribution in [3.05, 3.63) is 35.9 Å². The summed E-state index contributed by atoms with van der Waals surface area (Å²) in [4.78, 5) is 2.01. The van der Waals surface area contributed by atoms with E-state index >= 15 is 0 Å². The van der Waals surface area contributed by atoms with Gasteiger partial charge in [0.2, 0.25) is 0 Å². The molecule has 2 rings (SSSR count). The van der Waals surface area contributed by atoms with Gasteiger partial charge >= 0.3 is 12.0 Å². The van der Waals surface area contributed by atoms with Gasteiger partial charge in [-0.15, -0.1) is 0 Å². The molecule has 1 heterocycles. The Labute approximate surface area is 100 Å². The van der Waals surface area contributed by atoms with E-state index in [-0.39, 0.29) is 12.1 Å². The van der Waals surface area contributed by atoms with Crippen LogP contribution >= 0.6 is 0 Å². The van der Waals surface area contributed by atoms with Crippen LogP contribution in [0.5, 0.6) is 0 Å². The Hall–Kier alpha value is -2.04. The Morgan fingerprint density at radius 2 is 1.94 bits per heavy atom. The summed E-state index contributed by atoms with van der Waals surface area (Å²) in [5.41, 5.74) is 6.64. The molecule has 17 heavy (non-hydrogen) atoms. The van der Waals surface area contributed by atoms with Crippen molar-refractivity contribution in [1.82, 2.24) is 10.2 Å². The maximum absolute atomic E-state index is 5.44. The molecule has 90 valence electrons. The van der Waals surface area contributed by atoms with Crippen LogP contribution in [-0.4, -0.2) is 16.2 Å². The van der Waals surface area contributed by atoms with Crippen LogP contribution in [0.25, 0.3) is 0 Å². The third kappa shape index (κ3) is 2.75. The number of hydrogen-bond donors (Lipinski definition) is 1. The second-order valence-corrected chi connectivity index (χ2v) is 4.13. The van der Waals surface area contributed by atoms with Crippen LogP contribution in [-0.2, 0) is 6.54 Å². The normalized spacial score (nSPS) is 10.8. The minimum absolute atomic E-state index is 0.0960. The Balaban J connectivity index is 2.19. The predicted molar refractivity (Wildman–Crippen MR) is 66.5 cm³/mol. The minimum Gasteiger partial charge on any atom is -0.390 e. The van der Waals surface area contributed by atoms with E-state index in [2.05, 4.69) is 36.2 Å². The molecule has 0 atom stereocenters. The van der Waals surface area contributed by atoms with E-state index in [9.17, 15) is 0 Å². The van der Waals surface area contributed by atoms with Gasteiger partial charge in [0, 0.05) is 12.6 Å². The standard InChI is InChI=1S/C12H16N4O/c1-9(2)16(12-15-14-11(13)17-12)8-10-6-4-3-5-7-10/h3-7,9H,8H2,1-2H3,(H2,13,14). The van der Waals surface area contributed by atoms with Gasteiger partial charge in [0.15, 0.2) is 0 Å². The lowest BCUT2D eigenvalue weighted by atomic mass is 10.2. The SMILES string of the molecule is CC(C)N(Cc1ccccc1)c1nnc(N)o1. The van der Waals surface area contributed by atoms with Gasteiger partial charge in [0.25, 0.3) is 0 Å². The fraction of sp³-hybridized carbons (Fsp3) is 0.333. The maximum atomic E-state index is 5.44. The monoisotopic (exact) mass is 232 g/mol. The van der Waals surface area contributed by atoms with Gasteiger partial charge in [0.05, 0.1) is 0 Å². The van der Waals surface area contributed by atoms with Gasteiger partial charge in [-0.25, -0.2) is 0 Å². The molecule has 2 N–H and O–H groups in total. The molecule has 0 saturated carbocycles. The highest BCUT2D eigenvalue weighted by molar-refractivity contribution is 5.31. The zero-order valence-electron chi connectivity index (χ0n) is 10.00. The molecular formula is C12H16N4O. The second-order valence-electron chi connectivity index (χ2n) is 4.13. The van der Waals surface area contributed by atoms with Crippen molar-refractivity contribution < 1.29 is 4.42 Å². The van der Waals surface area contributed by atoms with E-state index in [4.69, 9.17) is 10.2 Å². The molecule has 5 heteroatoms. The summed E-state index contributed by atoms with van der Waals surface area (Å²) >= 11 is 0.